The molecule has 0 aromatic heterocycles. The Hall–Kier alpha value is -1.59. The topological polar surface area (TPSA) is 84.6 Å². The number of fused-ring (bicyclic) bond motifs is 2. The van der Waals surface area contributed by atoms with E-state index in [9.17, 15) is 9.90 Å². The Labute approximate surface area is 130 Å². The minimum Gasteiger partial charge on any atom is -0.497 e. The number of methoxy groups -OCH3 is 1. The Balaban J connectivity index is 1.54. The van der Waals surface area contributed by atoms with Crippen molar-refractivity contribution in [2.45, 2.75) is 31.4 Å². The summed E-state index contributed by atoms with van der Waals surface area (Å²) >= 11 is 0. The van der Waals surface area contributed by atoms with Crippen molar-refractivity contribution in [3.63, 3.8) is 0 Å². The molecule has 2 fully saturated rings. The lowest BCUT2D eigenvalue weighted by Gasteiger charge is -2.27. The molecule has 22 heavy (non-hydrogen) atoms. The van der Waals surface area contributed by atoms with Crippen LogP contribution in [-0.2, 0) is 4.79 Å². The monoisotopic (exact) mass is 304 g/mol. The number of nitrogens with one attached hydrogen (secondary N) is 1. The lowest BCUT2D eigenvalue weighted by atomic mass is 9.84. The fourth-order valence-electron chi connectivity index (χ4n) is 3.98. The smallest absolute Gasteiger partial charge is 0.225 e. The molecule has 3 rings (SSSR count). The number of aliphatic hydroxyl groups is 1. The summed E-state index contributed by atoms with van der Waals surface area (Å²) < 4.78 is 5.09. The summed E-state index contributed by atoms with van der Waals surface area (Å²) in [7, 11) is 1.60. The average Bonchev–Trinajstić information content (AvgIpc) is 3.13. The molecular formula is C17H24N2O3. The molecule has 1 amide bonds. The van der Waals surface area contributed by atoms with Crippen molar-refractivity contribution in [2.75, 3.05) is 13.7 Å². The number of carbonyl (C=O) groups excluding carboxylic acids is 1. The molecular weight excluding hydrogens is 280 g/mol. The zero-order valence-electron chi connectivity index (χ0n) is 12.9. The van der Waals surface area contributed by atoms with Crippen molar-refractivity contribution in [1.82, 2.24) is 5.32 Å². The summed E-state index contributed by atoms with van der Waals surface area (Å²) in [5, 5.41) is 13.1. The van der Waals surface area contributed by atoms with Gasteiger partial charge in [0.25, 0.3) is 0 Å². The second-order valence-electron chi connectivity index (χ2n) is 6.47. The quantitative estimate of drug-likeness (QED) is 0.763. The van der Waals surface area contributed by atoms with Gasteiger partial charge in [-0.2, -0.15) is 0 Å². The van der Waals surface area contributed by atoms with Gasteiger partial charge in [0.2, 0.25) is 5.91 Å². The highest BCUT2D eigenvalue weighted by atomic mass is 16.5. The van der Waals surface area contributed by atoms with Gasteiger partial charge >= 0.3 is 0 Å². The van der Waals surface area contributed by atoms with Gasteiger partial charge in [0.15, 0.2) is 0 Å². The molecule has 0 spiro atoms. The van der Waals surface area contributed by atoms with Crippen LogP contribution in [0.1, 0.15) is 30.9 Å². The van der Waals surface area contributed by atoms with Gasteiger partial charge in [0.05, 0.1) is 19.1 Å². The minimum absolute atomic E-state index is 0.00717. The third kappa shape index (κ3) is 2.83. The average molecular weight is 304 g/mol. The SMILES string of the molecule is COc1ccc(C(O)CNC(=O)C2C3CCC(C3)C2N)cc1. The molecule has 5 heteroatoms. The molecule has 120 valence electrons. The van der Waals surface area contributed by atoms with Crippen LogP contribution in [0.25, 0.3) is 0 Å². The van der Waals surface area contributed by atoms with E-state index < -0.39 is 6.10 Å². The van der Waals surface area contributed by atoms with Crippen LogP contribution < -0.4 is 15.8 Å². The molecule has 2 bridgehead atoms. The van der Waals surface area contributed by atoms with E-state index in [1.54, 1.807) is 31.4 Å². The van der Waals surface area contributed by atoms with Crippen molar-refractivity contribution < 1.29 is 14.6 Å². The van der Waals surface area contributed by atoms with E-state index in [1.807, 2.05) is 0 Å². The normalized spacial score (nSPS) is 31.0. The minimum atomic E-state index is -0.718. The number of carbonyl (C=O) groups is 1. The molecule has 0 radical (unpaired) electrons. The standard InChI is InChI=1S/C17H24N2O3/c1-22-13-6-4-10(5-7-13)14(20)9-19-17(21)15-11-2-3-12(8-11)16(15)18/h4-7,11-12,14-16,20H,2-3,8-9,18H2,1H3,(H,19,21). The van der Waals surface area contributed by atoms with Crippen LogP contribution in [0.2, 0.25) is 0 Å². The summed E-state index contributed by atoms with van der Waals surface area (Å²) in [6.45, 7) is 0.214. The van der Waals surface area contributed by atoms with Crippen LogP contribution in [0.4, 0.5) is 0 Å². The second-order valence-corrected chi connectivity index (χ2v) is 6.47. The van der Waals surface area contributed by atoms with Gasteiger partial charge in [0, 0.05) is 12.6 Å². The number of hydrogen-bond donors (Lipinski definition) is 3. The van der Waals surface area contributed by atoms with Crippen LogP contribution in [0.5, 0.6) is 5.75 Å². The number of nitrogens with two attached hydrogens (primary N) is 1. The van der Waals surface area contributed by atoms with E-state index in [4.69, 9.17) is 10.5 Å². The van der Waals surface area contributed by atoms with Crippen LogP contribution >= 0.6 is 0 Å². The van der Waals surface area contributed by atoms with E-state index in [0.29, 0.717) is 11.8 Å². The molecule has 0 saturated heterocycles. The third-order valence-corrected chi connectivity index (χ3v) is 5.25. The molecule has 4 N–H and O–H groups in total. The van der Waals surface area contributed by atoms with Crippen molar-refractivity contribution in [3.05, 3.63) is 29.8 Å². The van der Waals surface area contributed by atoms with Crippen molar-refractivity contribution >= 4 is 5.91 Å². The molecule has 0 aliphatic heterocycles. The fourth-order valence-corrected chi connectivity index (χ4v) is 3.98. The first-order valence-electron chi connectivity index (χ1n) is 7.95. The number of rotatable bonds is 5. The first-order chi connectivity index (χ1) is 10.6. The first-order valence-corrected chi connectivity index (χ1v) is 7.95. The number of hydrogen-bond acceptors (Lipinski definition) is 4. The van der Waals surface area contributed by atoms with Gasteiger partial charge in [-0.3, -0.25) is 4.79 Å². The Morgan fingerprint density at radius 2 is 2.05 bits per heavy atom. The third-order valence-electron chi connectivity index (χ3n) is 5.25. The first kappa shape index (κ1) is 15.3. The van der Waals surface area contributed by atoms with Crippen molar-refractivity contribution in [3.8, 4) is 5.75 Å². The molecule has 0 heterocycles. The molecule has 2 aliphatic carbocycles. The zero-order chi connectivity index (χ0) is 15.7. The Morgan fingerprint density at radius 3 is 2.64 bits per heavy atom. The Kier molecular flexibility index (Phi) is 4.36. The molecule has 1 aromatic carbocycles. The number of ether oxygens (including phenoxy) is 1. The Morgan fingerprint density at radius 1 is 1.36 bits per heavy atom. The van der Waals surface area contributed by atoms with E-state index in [1.165, 1.54) is 0 Å². The predicted octanol–water partition coefficient (Wildman–Crippen LogP) is 1.22. The molecule has 2 aliphatic rings. The second kappa shape index (κ2) is 6.26. The number of amides is 1. The number of benzene rings is 1. The fraction of sp³-hybridized carbons (Fsp3) is 0.588. The van der Waals surface area contributed by atoms with Crippen molar-refractivity contribution in [1.29, 1.82) is 0 Å². The molecule has 1 aromatic rings. The summed E-state index contributed by atoms with van der Waals surface area (Å²) in [4.78, 5) is 12.4. The molecule has 5 nitrogen and oxygen atoms in total. The summed E-state index contributed by atoms with van der Waals surface area (Å²) in [5.41, 5.74) is 6.94. The van der Waals surface area contributed by atoms with Crippen LogP contribution in [0, 0.1) is 17.8 Å². The van der Waals surface area contributed by atoms with Gasteiger partial charge in [-0.15, -0.1) is 0 Å². The number of aliphatic hydroxyl groups excluding tert-OH is 1. The molecule has 2 saturated carbocycles. The molecule has 5 atom stereocenters. The highest BCUT2D eigenvalue weighted by molar-refractivity contribution is 5.80. The van der Waals surface area contributed by atoms with Gasteiger partial charge in [-0.05, 0) is 48.8 Å². The summed E-state index contributed by atoms with van der Waals surface area (Å²) in [6, 6.07) is 7.19. The largest absolute Gasteiger partial charge is 0.497 e. The van der Waals surface area contributed by atoms with Crippen LogP contribution in [0.3, 0.4) is 0 Å². The van der Waals surface area contributed by atoms with Crippen molar-refractivity contribution in [2.24, 2.45) is 23.5 Å². The highest BCUT2D eigenvalue weighted by Gasteiger charge is 2.48. The lowest BCUT2D eigenvalue weighted by molar-refractivity contribution is -0.127. The summed E-state index contributed by atoms with van der Waals surface area (Å²) in [6.07, 6.45) is 2.63. The lowest BCUT2D eigenvalue weighted by Crippen LogP contribution is -2.46. The molecule has 5 unspecified atom stereocenters. The van der Waals surface area contributed by atoms with Crippen LogP contribution in [-0.4, -0.2) is 30.7 Å². The maximum atomic E-state index is 12.4. The van der Waals surface area contributed by atoms with E-state index in [2.05, 4.69) is 5.32 Å². The van der Waals surface area contributed by atoms with Gasteiger partial charge in [-0.25, -0.2) is 0 Å². The van der Waals surface area contributed by atoms with Gasteiger partial charge < -0.3 is 20.9 Å². The van der Waals surface area contributed by atoms with E-state index in [-0.39, 0.29) is 24.4 Å². The van der Waals surface area contributed by atoms with Gasteiger partial charge in [0.1, 0.15) is 5.75 Å². The van der Waals surface area contributed by atoms with E-state index >= 15 is 0 Å². The highest BCUT2D eigenvalue weighted by Crippen LogP contribution is 2.47. The van der Waals surface area contributed by atoms with Gasteiger partial charge in [-0.1, -0.05) is 12.1 Å². The summed E-state index contributed by atoms with van der Waals surface area (Å²) in [5.74, 6) is 1.59. The predicted molar refractivity (Wildman–Crippen MR) is 83.3 cm³/mol. The maximum absolute atomic E-state index is 12.4. The Bertz CT molecular complexity index is 529. The maximum Gasteiger partial charge on any atom is 0.225 e. The zero-order valence-corrected chi connectivity index (χ0v) is 12.9. The van der Waals surface area contributed by atoms with Crippen LogP contribution in [0.15, 0.2) is 24.3 Å². The van der Waals surface area contributed by atoms with E-state index in [0.717, 1.165) is 30.6 Å².